The molecule has 3 aromatic carbocycles. The van der Waals surface area contributed by atoms with E-state index in [1.165, 1.54) is 9.79 Å². The first-order chi connectivity index (χ1) is 19.0. The largest absolute Gasteiger partial charge is 0.748 e. The number of carbonyl (C=O) groups excluding carboxylic acids is 1. The standard InChI is InChI=1S/C21H21O3S.C10H16O4S/c1-22-16-14-19(23-2)21(20(15-16)24-3)25(17-10-6-4-7-11-17)18-12-8-5-9-13-18;1-9(2)7-3-4-10(9,8(11)5-7)6-15(12,13)14/h4-15H,1-3H3;7H,3-6H2,1-2H3,(H,12,13,14)/q+1;/p-1. The lowest BCUT2D eigenvalue weighted by atomic mass is 9.70. The van der Waals surface area contributed by atoms with Crippen LogP contribution in [0.4, 0.5) is 0 Å². The molecule has 2 bridgehead atoms. The summed E-state index contributed by atoms with van der Waals surface area (Å²) in [7, 11) is 0.313. The summed E-state index contributed by atoms with van der Waals surface area (Å²) in [6, 6.07) is 24.6. The SMILES string of the molecule is CC1(C)C2CCC1(CS(=O)(=O)[O-])C(=O)C2.COc1cc(OC)c([S+](c2ccccc2)c2ccccc2)c(OC)c1. The summed E-state index contributed by atoms with van der Waals surface area (Å²) in [5.74, 6) is 1.94. The summed E-state index contributed by atoms with van der Waals surface area (Å²) in [5, 5.41) is 0. The number of fused-ring (bicyclic) bond motifs is 2. The molecule has 5 rings (SSSR count). The van der Waals surface area contributed by atoms with E-state index in [0.29, 0.717) is 18.6 Å². The van der Waals surface area contributed by atoms with E-state index in [2.05, 4.69) is 48.5 Å². The maximum atomic E-state index is 11.8. The topological polar surface area (TPSA) is 102 Å². The Morgan fingerprint density at radius 3 is 1.73 bits per heavy atom. The molecule has 7 nitrogen and oxygen atoms in total. The van der Waals surface area contributed by atoms with E-state index in [9.17, 15) is 17.8 Å². The van der Waals surface area contributed by atoms with Crippen molar-refractivity contribution in [2.45, 2.75) is 47.8 Å². The van der Waals surface area contributed by atoms with Gasteiger partial charge in [-0.15, -0.1) is 0 Å². The number of hydrogen-bond donors (Lipinski definition) is 0. The van der Waals surface area contributed by atoms with Gasteiger partial charge in [-0.1, -0.05) is 50.2 Å². The fourth-order valence-corrected chi connectivity index (χ4v) is 9.64. The molecule has 0 radical (unpaired) electrons. The van der Waals surface area contributed by atoms with Crippen molar-refractivity contribution in [1.82, 2.24) is 0 Å². The summed E-state index contributed by atoms with van der Waals surface area (Å²) >= 11 is 0. The quantitative estimate of drug-likeness (QED) is 0.246. The second-order valence-corrected chi connectivity index (χ2v) is 14.0. The Hall–Kier alpha value is -3.01. The molecule has 2 aliphatic rings. The van der Waals surface area contributed by atoms with Gasteiger partial charge in [-0.25, -0.2) is 8.42 Å². The van der Waals surface area contributed by atoms with Gasteiger partial charge in [0.2, 0.25) is 4.90 Å². The van der Waals surface area contributed by atoms with Crippen molar-refractivity contribution in [1.29, 1.82) is 0 Å². The van der Waals surface area contributed by atoms with Crippen LogP contribution in [0.25, 0.3) is 0 Å². The lowest BCUT2D eigenvalue weighted by Crippen LogP contribution is -2.42. The molecule has 0 aliphatic heterocycles. The zero-order valence-electron chi connectivity index (χ0n) is 23.5. The highest BCUT2D eigenvalue weighted by atomic mass is 32.2. The first kappa shape index (κ1) is 30.0. The van der Waals surface area contributed by atoms with Crippen molar-refractivity contribution >= 4 is 26.8 Å². The maximum absolute atomic E-state index is 11.8. The van der Waals surface area contributed by atoms with Gasteiger partial charge in [0, 0.05) is 24.0 Å². The Kier molecular flexibility index (Phi) is 8.87. The number of ketones is 1. The van der Waals surface area contributed by atoms with E-state index in [1.807, 2.05) is 38.1 Å². The van der Waals surface area contributed by atoms with Crippen LogP contribution < -0.4 is 14.2 Å². The highest BCUT2D eigenvalue weighted by Gasteiger charge is 2.64. The number of hydrogen-bond acceptors (Lipinski definition) is 7. The molecule has 9 heteroatoms. The maximum Gasteiger partial charge on any atom is 0.250 e. The molecule has 2 unspecified atom stereocenters. The van der Waals surface area contributed by atoms with Crippen LogP contribution in [0.2, 0.25) is 0 Å². The van der Waals surface area contributed by atoms with E-state index < -0.39 is 21.3 Å². The number of ether oxygens (including phenoxy) is 3. The predicted molar refractivity (Wildman–Crippen MR) is 154 cm³/mol. The Morgan fingerprint density at radius 2 is 1.38 bits per heavy atom. The highest BCUT2D eigenvalue weighted by Crippen LogP contribution is 2.64. The molecule has 0 aromatic heterocycles. The van der Waals surface area contributed by atoms with Crippen LogP contribution >= 0.6 is 0 Å². The van der Waals surface area contributed by atoms with Gasteiger partial charge in [0.05, 0.1) is 37.2 Å². The van der Waals surface area contributed by atoms with Crippen LogP contribution in [-0.4, -0.2) is 45.8 Å². The predicted octanol–water partition coefficient (Wildman–Crippen LogP) is 5.73. The van der Waals surface area contributed by atoms with E-state index in [4.69, 9.17) is 14.2 Å². The highest BCUT2D eigenvalue weighted by molar-refractivity contribution is 7.97. The molecule has 2 aliphatic carbocycles. The third-order valence-corrected chi connectivity index (χ3v) is 11.5. The molecule has 0 saturated heterocycles. The first-order valence-electron chi connectivity index (χ1n) is 13.1. The van der Waals surface area contributed by atoms with Crippen molar-refractivity contribution in [3.63, 3.8) is 0 Å². The fourth-order valence-electron chi connectivity index (χ4n) is 6.07. The van der Waals surface area contributed by atoms with Crippen molar-refractivity contribution in [2.24, 2.45) is 16.7 Å². The first-order valence-corrected chi connectivity index (χ1v) is 15.9. The van der Waals surface area contributed by atoms with Gasteiger partial charge >= 0.3 is 0 Å². The molecule has 2 fully saturated rings. The van der Waals surface area contributed by atoms with Gasteiger partial charge in [0.15, 0.2) is 21.3 Å². The lowest BCUT2D eigenvalue weighted by Gasteiger charge is -2.37. The van der Waals surface area contributed by atoms with Gasteiger partial charge in [-0.05, 0) is 48.4 Å². The second-order valence-electron chi connectivity index (χ2n) is 10.7. The van der Waals surface area contributed by atoms with Crippen molar-refractivity contribution in [3.8, 4) is 17.2 Å². The van der Waals surface area contributed by atoms with Gasteiger partial charge in [0.25, 0.3) is 0 Å². The van der Waals surface area contributed by atoms with Crippen LogP contribution in [0.3, 0.4) is 0 Å². The van der Waals surface area contributed by atoms with Crippen LogP contribution in [-0.2, 0) is 25.8 Å². The monoisotopic (exact) mass is 584 g/mol. The molecule has 2 saturated carbocycles. The number of Topliss-reactive ketones (excluding diaryl/α,β-unsaturated/α-hetero) is 1. The molecular weight excluding hydrogens is 548 g/mol. The fraction of sp³-hybridized carbons (Fsp3) is 0.387. The Morgan fingerprint density at radius 1 is 0.875 bits per heavy atom. The Bertz CT molecular complexity index is 1370. The molecule has 2 atom stereocenters. The average molecular weight is 585 g/mol. The van der Waals surface area contributed by atoms with E-state index >= 15 is 0 Å². The minimum atomic E-state index is -4.33. The molecule has 0 N–H and O–H groups in total. The number of carbonyl (C=O) groups is 1. The minimum Gasteiger partial charge on any atom is -0.748 e. The van der Waals surface area contributed by atoms with Gasteiger partial charge in [0.1, 0.15) is 22.4 Å². The average Bonchev–Trinajstić information content (AvgIpc) is 3.28. The molecular formula is C31H36O7S2. The third kappa shape index (κ3) is 5.73. The minimum absolute atomic E-state index is 0.0248. The Balaban J connectivity index is 0.000000210. The molecule has 3 aromatic rings. The van der Waals surface area contributed by atoms with Crippen molar-refractivity contribution in [3.05, 3.63) is 72.8 Å². The summed E-state index contributed by atoms with van der Waals surface area (Å²) in [4.78, 5) is 15.3. The summed E-state index contributed by atoms with van der Waals surface area (Å²) in [6.07, 6.45) is 1.88. The molecule has 0 spiro atoms. The van der Waals surface area contributed by atoms with Gasteiger partial charge < -0.3 is 18.8 Å². The number of benzene rings is 3. The Labute approximate surface area is 240 Å². The van der Waals surface area contributed by atoms with Crippen molar-refractivity contribution in [2.75, 3.05) is 27.1 Å². The van der Waals surface area contributed by atoms with E-state index in [-0.39, 0.29) is 28.0 Å². The molecule has 40 heavy (non-hydrogen) atoms. The summed E-state index contributed by atoms with van der Waals surface area (Å²) in [5.41, 5.74) is -1.22. The number of methoxy groups -OCH3 is 3. The van der Waals surface area contributed by atoms with Crippen LogP contribution in [0, 0.1) is 16.7 Å². The van der Waals surface area contributed by atoms with Crippen molar-refractivity contribution < 1.29 is 32.0 Å². The summed E-state index contributed by atoms with van der Waals surface area (Å²) < 4.78 is 49.5. The summed E-state index contributed by atoms with van der Waals surface area (Å²) in [6.45, 7) is 3.83. The zero-order valence-corrected chi connectivity index (χ0v) is 25.1. The lowest BCUT2D eigenvalue weighted by molar-refractivity contribution is -0.128. The number of rotatable bonds is 8. The van der Waals surface area contributed by atoms with E-state index in [1.54, 1.807) is 21.3 Å². The van der Waals surface area contributed by atoms with Crippen LogP contribution in [0.15, 0.2) is 87.5 Å². The van der Waals surface area contributed by atoms with Crippen LogP contribution in [0.1, 0.15) is 33.1 Å². The zero-order chi connectivity index (χ0) is 29.1. The van der Waals surface area contributed by atoms with Gasteiger partial charge in [-0.2, -0.15) is 0 Å². The second kappa shape index (κ2) is 11.8. The normalized spacial score (nSPS) is 21.1. The molecule has 0 heterocycles. The smallest absolute Gasteiger partial charge is 0.250 e. The van der Waals surface area contributed by atoms with Gasteiger partial charge in [-0.3, -0.25) is 4.79 Å². The van der Waals surface area contributed by atoms with Crippen LogP contribution in [0.5, 0.6) is 17.2 Å². The third-order valence-electron chi connectivity index (χ3n) is 8.39. The molecule has 214 valence electrons. The molecule has 0 amide bonds. The van der Waals surface area contributed by atoms with E-state index in [0.717, 1.165) is 22.8 Å².